The summed E-state index contributed by atoms with van der Waals surface area (Å²) < 4.78 is 46.7. The van der Waals surface area contributed by atoms with Crippen molar-refractivity contribution in [2.75, 3.05) is 19.7 Å². The van der Waals surface area contributed by atoms with Crippen LogP contribution in [0.4, 0.5) is 13.2 Å². The number of pyridine rings is 1. The lowest BCUT2D eigenvalue weighted by atomic mass is 10.1. The number of aryl methyl sites for hydroxylation is 2. The Labute approximate surface area is 142 Å². The van der Waals surface area contributed by atoms with Crippen LogP contribution in [0.3, 0.4) is 0 Å². The molecule has 0 unspecified atom stereocenters. The average molecular weight is 356 g/mol. The van der Waals surface area contributed by atoms with Crippen molar-refractivity contribution in [3.8, 4) is 5.88 Å². The van der Waals surface area contributed by atoms with Crippen molar-refractivity contribution in [1.29, 1.82) is 0 Å². The molecule has 3 heterocycles. The van der Waals surface area contributed by atoms with Gasteiger partial charge in [0, 0.05) is 26.2 Å². The fraction of sp³-hybridized carbons (Fsp3) is 0.562. The monoisotopic (exact) mass is 356 g/mol. The van der Waals surface area contributed by atoms with Gasteiger partial charge in [-0.15, -0.1) is 0 Å². The molecule has 9 heteroatoms. The smallest absolute Gasteiger partial charge is 0.417 e. The molecule has 2 aromatic heterocycles. The molecular formula is C16H19F3N4O2. The van der Waals surface area contributed by atoms with E-state index in [1.807, 2.05) is 0 Å². The molecule has 0 saturated carbocycles. The molecule has 0 aromatic carbocycles. The van der Waals surface area contributed by atoms with Crippen LogP contribution in [0, 0.1) is 6.92 Å². The van der Waals surface area contributed by atoms with Crippen LogP contribution in [0.5, 0.6) is 5.88 Å². The van der Waals surface area contributed by atoms with E-state index in [9.17, 15) is 18.0 Å². The first-order valence-corrected chi connectivity index (χ1v) is 8.09. The third kappa shape index (κ3) is 3.54. The van der Waals surface area contributed by atoms with Gasteiger partial charge in [0.2, 0.25) is 5.88 Å². The highest BCUT2D eigenvalue weighted by Crippen LogP contribution is 2.37. The van der Waals surface area contributed by atoms with Crippen LogP contribution in [0.15, 0.2) is 6.07 Å². The SMILES string of the molecule is Cc1nn(C)c2nc(OCC(=O)N3CCCCC3)cc(C(F)(F)F)c12. The van der Waals surface area contributed by atoms with Gasteiger partial charge < -0.3 is 9.64 Å². The molecule has 3 rings (SSSR count). The van der Waals surface area contributed by atoms with Crippen molar-refractivity contribution in [1.82, 2.24) is 19.7 Å². The zero-order valence-electron chi connectivity index (χ0n) is 14.1. The zero-order chi connectivity index (χ0) is 18.2. The van der Waals surface area contributed by atoms with Crippen molar-refractivity contribution in [2.24, 2.45) is 7.05 Å². The number of fused-ring (bicyclic) bond motifs is 1. The Morgan fingerprint density at radius 1 is 1.28 bits per heavy atom. The Hall–Kier alpha value is -2.32. The minimum atomic E-state index is -4.57. The van der Waals surface area contributed by atoms with Crippen LogP contribution in [-0.2, 0) is 18.0 Å². The van der Waals surface area contributed by atoms with Crippen molar-refractivity contribution >= 4 is 16.9 Å². The summed E-state index contributed by atoms with van der Waals surface area (Å²) in [5.74, 6) is -0.468. The molecule has 25 heavy (non-hydrogen) atoms. The number of carbonyl (C=O) groups is 1. The van der Waals surface area contributed by atoms with E-state index in [-0.39, 0.29) is 35.1 Å². The Morgan fingerprint density at radius 3 is 2.60 bits per heavy atom. The summed E-state index contributed by atoms with van der Waals surface area (Å²) >= 11 is 0. The number of likely N-dealkylation sites (tertiary alicyclic amines) is 1. The Kier molecular flexibility index (Phi) is 4.57. The largest absolute Gasteiger partial charge is 0.467 e. The first-order chi connectivity index (χ1) is 11.8. The summed E-state index contributed by atoms with van der Waals surface area (Å²) in [5, 5.41) is 3.95. The number of ether oxygens (including phenoxy) is 1. The van der Waals surface area contributed by atoms with Crippen molar-refractivity contribution in [3.05, 3.63) is 17.3 Å². The standard InChI is InChI=1S/C16H19F3N4O2/c1-10-14-11(16(17,18)19)8-12(20-15(14)22(2)21-10)25-9-13(24)23-6-4-3-5-7-23/h8H,3-7,9H2,1-2H3. The highest BCUT2D eigenvalue weighted by Gasteiger charge is 2.35. The van der Waals surface area contributed by atoms with Gasteiger partial charge in [-0.3, -0.25) is 9.48 Å². The number of alkyl halides is 3. The molecule has 1 aliphatic heterocycles. The van der Waals surface area contributed by atoms with E-state index in [1.165, 1.54) is 18.7 Å². The number of hydrogen-bond acceptors (Lipinski definition) is 4. The van der Waals surface area contributed by atoms with Crippen LogP contribution in [-0.4, -0.2) is 45.3 Å². The second-order valence-corrected chi connectivity index (χ2v) is 6.14. The van der Waals surface area contributed by atoms with Crippen LogP contribution in [0.1, 0.15) is 30.5 Å². The molecule has 0 atom stereocenters. The Balaban J connectivity index is 1.86. The minimum Gasteiger partial charge on any atom is -0.467 e. The van der Waals surface area contributed by atoms with Crippen LogP contribution in [0.2, 0.25) is 0 Å². The molecule has 6 nitrogen and oxygen atoms in total. The molecule has 1 saturated heterocycles. The van der Waals surface area contributed by atoms with E-state index in [0.29, 0.717) is 13.1 Å². The predicted molar refractivity (Wildman–Crippen MR) is 84.2 cm³/mol. The van der Waals surface area contributed by atoms with E-state index in [1.54, 1.807) is 4.90 Å². The minimum absolute atomic E-state index is 0.0512. The van der Waals surface area contributed by atoms with Gasteiger partial charge in [0.1, 0.15) is 0 Å². The lowest BCUT2D eigenvalue weighted by Crippen LogP contribution is -2.38. The molecule has 0 aliphatic carbocycles. The Bertz CT molecular complexity index is 795. The lowest BCUT2D eigenvalue weighted by molar-refractivity contribution is -0.136. The van der Waals surface area contributed by atoms with Crippen molar-refractivity contribution < 1.29 is 22.7 Å². The summed E-state index contributed by atoms with van der Waals surface area (Å²) in [4.78, 5) is 17.9. The van der Waals surface area contributed by atoms with Gasteiger partial charge in [-0.1, -0.05) is 0 Å². The maximum Gasteiger partial charge on any atom is 0.417 e. The number of rotatable bonds is 3. The van der Waals surface area contributed by atoms with Gasteiger partial charge >= 0.3 is 6.18 Å². The first kappa shape index (κ1) is 17.5. The number of hydrogen-bond donors (Lipinski definition) is 0. The summed E-state index contributed by atoms with van der Waals surface area (Å²) in [6.07, 6.45) is -1.62. The second kappa shape index (κ2) is 6.53. The lowest BCUT2D eigenvalue weighted by Gasteiger charge is -2.26. The molecule has 136 valence electrons. The summed E-state index contributed by atoms with van der Waals surface area (Å²) in [5.41, 5.74) is -0.537. The van der Waals surface area contributed by atoms with Gasteiger partial charge in [0.15, 0.2) is 12.3 Å². The fourth-order valence-electron chi connectivity index (χ4n) is 3.09. The number of aromatic nitrogens is 3. The maximum atomic E-state index is 13.4. The number of amides is 1. The van der Waals surface area contributed by atoms with Crippen molar-refractivity contribution in [3.63, 3.8) is 0 Å². The third-order valence-corrected chi connectivity index (χ3v) is 4.30. The summed E-state index contributed by atoms with van der Waals surface area (Å²) in [7, 11) is 1.52. The molecule has 1 fully saturated rings. The first-order valence-electron chi connectivity index (χ1n) is 8.09. The number of carbonyl (C=O) groups excluding carboxylic acids is 1. The molecule has 1 amide bonds. The van der Waals surface area contributed by atoms with E-state index in [0.717, 1.165) is 25.3 Å². The fourth-order valence-corrected chi connectivity index (χ4v) is 3.09. The molecule has 0 spiro atoms. The van der Waals surface area contributed by atoms with E-state index < -0.39 is 11.7 Å². The van der Waals surface area contributed by atoms with Crippen LogP contribution in [0.25, 0.3) is 11.0 Å². The molecule has 2 aromatic rings. The normalized spacial score (nSPS) is 15.6. The Morgan fingerprint density at radius 2 is 1.96 bits per heavy atom. The van der Waals surface area contributed by atoms with Gasteiger partial charge in [-0.05, 0) is 26.2 Å². The van der Waals surface area contributed by atoms with Crippen molar-refractivity contribution in [2.45, 2.75) is 32.4 Å². The average Bonchev–Trinajstić information content (AvgIpc) is 2.86. The third-order valence-electron chi connectivity index (χ3n) is 4.30. The van der Waals surface area contributed by atoms with Gasteiger partial charge in [-0.25, -0.2) is 0 Å². The van der Waals surface area contributed by atoms with Gasteiger partial charge in [0.25, 0.3) is 5.91 Å². The molecule has 0 bridgehead atoms. The van der Waals surface area contributed by atoms with Gasteiger partial charge in [0.05, 0.1) is 16.6 Å². The molecule has 0 N–H and O–H groups in total. The number of halogens is 3. The summed E-state index contributed by atoms with van der Waals surface area (Å²) in [6.45, 7) is 2.49. The molecule has 1 aliphatic rings. The van der Waals surface area contributed by atoms with Gasteiger partial charge in [-0.2, -0.15) is 23.3 Å². The molecular weight excluding hydrogens is 337 g/mol. The summed E-state index contributed by atoms with van der Waals surface area (Å²) in [6, 6.07) is 0.834. The van der Waals surface area contributed by atoms with E-state index >= 15 is 0 Å². The number of piperidine rings is 1. The second-order valence-electron chi connectivity index (χ2n) is 6.14. The van der Waals surface area contributed by atoms with E-state index in [2.05, 4.69) is 10.1 Å². The highest BCUT2D eigenvalue weighted by atomic mass is 19.4. The number of nitrogens with zero attached hydrogens (tertiary/aromatic N) is 4. The quantitative estimate of drug-likeness (QED) is 0.848. The topological polar surface area (TPSA) is 60.2 Å². The zero-order valence-corrected chi connectivity index (χ0v) is 14.1. The maximum absolute atomic E-state index is 13.4. The van der Waals surface area contributed by atoms with Crippen LogP contribution < -0.4 is 4.74 Å². The highest BCUT2D eigenvalue weighted by molar-refractivity contribution is 5.83. The predicted octanol–water partition coefficient (Wildman–Crippen LogP) is 2.69. The molecule has 0 radical (unpaired) electrons. The van der Waals surface area contributed by atoms with E-state index in [4.69, 9.17) is 4.74 Å². The van der Waals surface area contributed by atoms with Crippen LogP contribution >= 0.6 is 0 Å².